The van der Waals surface area contributed by atoms with Crippen molar-refractivity contribution in [3.05, 3.63) is 66.7 Å². The van der Waals surface area contributed by atoms with Gasteiger partial charge < -0.3 is 19.7 Å². The second kappa shape index (κ2) is 8.23. The maximum Gasteiger partial charge on any atom is 0.261 e. The van der Waals surface area contributed by atoms with E-state index in [4.69, 9.17) is 19.2 Å². The number of ether oxygens (including phenoxy) is 1. The van der Waals surface area contributed by atoms with Crippen molar-refractivity contribution in [2.24, 2.45) is 5.92 Å². The van der Waals surface area contributed by atoms with E-state index in [9.17, 15) is 5.11 Å². The van der Waals surface area contributed by atoms with Gasteiger partial charge in [0.05, 0.1) is 36.0 Å². The Morgan fingerprint density at radius 3 is 2.89 bits per heavy atom. The van der Waals surface area contributed by atoms with E-state index in [1.807, 2.05) is 18.3 Å². The molecule has 0 saturated heterocycles. The van der Waals surface area contributed by atoms with Crippen LogP contribution in [0.1, 0.15) is 31.2 Å². The Labute approximate surface area is 201 Å². The van der Waals surface area contributed by atoms with E-state index >= 15 is 0 Å². The van der Waals surface area contributed by atoms with E-state index in [-0.39, 0.29) is 12.3 Å². The summed E-state index contributed by atoms with van der Waals surface area (Å²) in [4.78, 5) is 13.9. The third kappa shape index (κ3) is 3.90. The van der Waals surface area contributed by atoms with Gasteiger partial charge in [-0.3, -0.25) is 9.67 Å². The molecule has 2 N–H and O–H groups in total. The number of hydrogen-bond donors (Lipinski definition) is 2. The van der Waals surface area contributed by atoms with Gasteiger partial charge in [-0.05, 0) is 43.4 Å². The maximum atomic E-state index is 9.41. The smallest absolute Gasteiger partial charge is 0.261 e. The summed E-state index contributed by atoms with van der Waals surface area (Å²) < 4.78 is 12.9. The van der Waals surface area contributed by atoms with Gasteiger partial charge in [0.1, 0.15) is 12.4 Å². The Balaban J connectivity index is 1.29. The van der Waals surface area contributed by atoms with Crippen LogP contribution in [-0.4, -0.2) is 48.1 Å². The largest absolute Gasteiger partial charge is 0.511 e. The normalized spacial score (nSPS) is 16.6. The van der Waals surface area contributed by atoms with Gasteiger partial charge in [-0.1, -0.05) is 17.8 Å². The van der Waals surface area contributed by atoms with Crippen LogP contribution in [0.2, 0.25) is 0 Å². The number of nitrogens with zero attached hydrogens (tertiary/aromatic N) is 6. The Morgan fingerprint density at radius 2 is 2.11 bits per heavy atom. The molecule has 1 aliphatic heterocycles. The average Bonchev–Trinajstić information content (AvgIpc) is 3.44. The lowest BCUT2D eigenvalue weighted by atomic mass is 9.77. The van der Waals surface area contributed by atoms with Gasteiger partial charge in [-0.25, -0.2) is 4.98 Å². The quantitative estimate of drug-likeness (QED) is 0.385. The molecule has 0 aromatic carbocycles. The molecule has 1 saturated carbocycles. The van der Waals surface area contributed by atoms with E-state index in [1.165, 1.54) is 0 Å². The molecule has 178 valence electrons. The summed E-state index contributed by atoms with van der Waals surface area (Å²) in [6.45, 7) is 7.23. The molecule has 2 aliphatic rings. The van der Waals surface area contributed by atoms with Crippen molar-refractivity contribution in [3.8, 4) is 28.5 Å². The highest BCUT2D eigenvalue weighted by atomic mass is 16.5. The average molecular weight is 472 g/mol. The molecule has 35 heavy (non-hydrogen) atoms. The molecule has 0 radical (unpaired) electrons. The fourth-order valence-electron chi connectivity index (χ4n) is 4.54. The van der Waals surface area contributed by atoms with Gasteiger partial charge in [-0.15, -0.1) is 0 Å². The topological polar surface area (TPSA) is 124 Å². The number of hydrogen-bond acceptors (Lipinski definition) is 9. The molecule has 0 unspecified atom stereocenters. The number of aliphatic hydroxyl groups is 1. The first-order valence-corrected chi connectivity index (χ1v) is 11.6. The first-order chi connectivity index (χ1) is 17.0. The van der Waals surface area contributed by atoms with Crippen molar-refractivity contribution in [1.29, 1.82) is 0 Å². The summed E-state index contributed by atoms with van der Waals surface area (Å²) in [5, 5.41) is 21.2. The minimum atomic E-state index is -0.427. The van der Waals surface area contributed by atoms with E-state index in [2.05, 4.69) is 40.1 Å². The molecule has 1 aliphatic carbocycles. The molecular weight excluding hydrogens is 446 g/mol. The van der Waals surface area contributed by atoms with Crippen LogP contribution in [0, 0.1) is 5.92 Å². The zero-order valence-corrected chi connectivity index (χ0v) is 19.3. The standard InChI is InChI=1S/C25H25N7O3/c1-15(33)13-32-14-17(11-29-32)23-30-24(31-35-23)25(2,18-3-4-18)19-5-6-20(27-12-19)16-9-21-22(28-10-16)26-7-8-34-21/h5-6,9-12,14,18,33H,1,3-4,7-8,13H2,2H3,(H,26,28)/t25-/m1/s1. The Kier molecular flexibility index (Phi) is 5.01. The summed E-state index contributed by atoms with van der Waals surface area (Å²) >= 11 is 0. The van der Waals surface area contributed by atoms with Crippen LogP contribution < -0.4 is 10.1 Å². The van der Waals surface area contributed by atoms with Crippen molar-refractivity contribution in [3.63, 3.8) is 0 Å². The number of anilines is 1. The van der Waals surface area contributed by atoms with Crippen LogP contribution in [0.5, 0.6) is 5.75 Å². The summed E-state index contributed by atoms with van der Waals surface area (Å²) in [6.07, 6.45) is 9.27. The molecule has 10 nitrogen and oxygen atoms in total. The molecule has 0 amide bonds. The van der Waals surface area contributed by atoms with Crippen LogP contribution in [0.25, 0.3) is 22.7 Å². The second-order valence-electron chi connectivity index (χ2n) is 9.17. The van der Waals surface area contributed by atoms with Gasteiger partial charge >= 0.3 is 0 Å². The highest BCUT2D eigenvalue weighted by molar-refractivity contribution is 5.65. The number of aromatic nitrogens is 6. The highest BCUT2D eigenvalue weighted by Crippen LogP contribution is 2.50. The molecule has 1 atom stereocenters. The number of fused-ring (bicyclic) bond motifs is 1. The number of aliphatic hydroxyl groups excluding tert-OH is 1. The van der Waals surface area contributed by atoms with Gasteiger partial charge in [0.2, 0.25) is 0 Å². The van der Waals surface area contributed by atoms with Crippen LogP contribution in [0.3, 0.4) is 0 Å². The predicted octanol–water partition coefficient (Wildman–Crippen LogP) is 3.98. The van der Waals surface area contributed by atoms with Gasteiger partial charge in [0.25, 0.3) is 5.89 Å². The van der Waals surface area contributed by atoms with Gasteiger partial charge in [0.15, 0.2) is 17.4 Å². The Bertz CT molecular complexity index is 1390. The molecule has 4 aromatic rings. The number of rotatable bonds is 7. The van der Waals surface area contributed by atoms with Crippen molar-refractivity contribution in [1.82, 2.24) is 29.9 Å². The van der Waals surface area contributed by atoms with Crippen LogP contribution >= 0.6 is 0 Å². The molecule has 0 spiro atoms. The lowest BCUT2D eigenvalue weighted by molar-refractivity contribution is 0.321. The molecule has 6 rings (SSSR count). The number of allylic oxidation sites excluding steroid dienone is 1. The number of nitrogens with one attached hydrogen (secondary N) is 1. The van der Waals surface area contributed by atoms with Crippen molar-refractivity contribution in [2.75, 3.05) is 18.5 Å². The first kappa shape index (κ1) is 21.3. The van der Waals surface area contributed by atoms with E-state index in [0.29, 0.717) is 29.8 Å². The minimum absolute atomic E-state index is 0.0264. The summed E-state index contributed by atoms with van der Waals surface area (Å²) in [5.74, 6) is 2.95. The molecule has 1 fully saturated rings. The number of pyridine rings is 2. The van der Waals surface area contributed by atoms with Crippen molar-refractivity contribution >= 4 is 5.82 Å². The Morgan fingerprint density at radius 1 is 1.23 bits per heavy atom. The van der Waals surface area contributed by atoms with E-state index in [0.717, 1.165) is 47.8 Å². The zero-order valence-electron chi connectivity index (χ0n) is 19.3. The summed E-state index contributed by atoms with van der Waals surface area (Å²) in [6, 6.07) is 6.05. The molecular formula is C25H25N7O3. The first-order valence-electron chi connectivity index (χ1n) is 11.6. The van der Waals surface area contributed by atoms with Crippen molar-refractivity contribution in [2.45, 2.75) is 31.7 Å². The predicted molar refractivity (Wildman–Crippen MR) is 128 cm³/mol. The summed E-state index contributed by atoms with van der Waals surface area (Å²) in [5.41, 5.74) is 3.02. The lowest BCUT2D eigenvalue weighted by Gasteiger charge is -2.26. The van der Waals surface area contributed by atoms with Crippen LogP contribution in [0.15, 0.2) is 59.8 Å². The second-order valence-corrected chi connectivity index (χ2v) is 9.17. The monoisotopic (exact) mass is 471 g/mol. The van der Waals surface area contributed by atoms with E-state index < -0.39 is 5.41 Å². The SMILES string of the molecule is C=C(O)Cn1cc(-c2nc([C@@](C)(c3ccc(-c4cnc5c(c4)OCCN5)nc3)C3CC3)no2)cn1. The Hall–Kier alpha value is -4.21. The van der Waals surface area contributed by atoms with Crippen molar-refractivity contribution < 1.29 is 14.4 Å². The third-order valence-electron chi connectivity index (χ3n) is 6.67. The zero-order chi connectivity index (χ0) is 24.0. The minimum Gasteiger partial charge on any atom is -0.511 e. The van der Waals surface area contributed by atoms with Gasteiger partial charge in [0, 0.05) is 24.2 Å². The lowest BCUT2D eigenvalue weighted by Crippen LogP contribution is -2.28. The fourth-order valence-corrected chi connectivity index (χ4v) is 4.54. The molecule has 10 heteroatoms. The van der Waals surface area contributed by atoms with Crippen LogP contribution in [0.4, 0.5) is 5.82 Å². The molecule has 4 aromatic heterocycles. The molecule has 0 bridgehead atoms. The molecule has 5 heterocycles. The fraction of sp³-hybridized carbons (Fsp3) is 0.320. The third-order valence-corrected chi connectivity index (χ3v) is 6.67. The van der Waals surface area contributed by atoms with Crippen LogP contribution in [-0.2, 0) is 12.0 Å². The highest BCUT2D eigenvalue weighted by Gasteiger charge is 2.47. The van der Waals surface area contributed by atoms with Gasteiger partial charge in [-0.2, -0.15) is 10.1 Å². The summed E-state index contributed by atoms with van der Waals surface area (Å²) in [7, 11) is 0. The maximum absolute atomic E-state index is 9.41. The van der Waals surface area contributed by atoms with E-state index in [1.54, 1.807) is 23.3 Å².